The highest BCUT2D eigenvalue weighted by molar-refractivity contribution is 5.77. The monoisotopic (exact) mass is 419 g/mol. The van der Waals surface area contributed by atoms with Crippen molar-refractivity contribution in [2.45, 2.75) is 19.8 Å². The van der Waals surface area contributed by atoms with Gasteiger partial charge in [0.25, 0.3) is 5.56 Å². The molecule has 0 saturated heterocycles. The summed E-state index contributed by atoms with van der Waals surface area (Å²) in [6, 6.07) is 10.6. The fourth-order valence-electron chi connectivity index (χ4n) is 3.40. The number of phenolic OH excluding ortho intramolecular Hbond substituents is 1. The molecule has 0 saturated carbocycles. The summed E-state index contributed by atoms with van der Waals surface area (Å²) >= 11 is 0. The number of carbonyl (C=O) groups excluding carboxylic acids is 1. The smallest absolute Gasteiger partial charge is 0.279 e. The van der Waals surface area contributed by atoms with E-state index in [9.17, 15) is 14.7 Å². The Morgan fingerprint density at radius 2 is 2.03 bits per heavy atom. The van der Waals surface area contributed by atoms with Crippen molar-refractivity contribution in [1.82, 2.24) is 19.9 Å². The Balaban J connectivity index is 1.77. The Labute approximate surface area is 176 Å². The third-order valence-corrected chi connectivity index (χ3v) is 4.80. The minimum Gasteiger partial charge on any atom is -0.508 e. The fraction of sp³-hybridized carbons (Fsp3) is 0.182. The predicted molar refractivity (Wildman–Crippen MR) is 116 cm³/mol. The quantitative estimate of drug-likeness (QED) is 0.362. The van der Waals surface area contributed by atoms with Crippen LogP contribution in [0.15, 0.2) is 47.5 Å². The molecule has 0 aliphatic carbocycles. The number of aromatic nitrogens is 4. The molecule has 0 bridgehead atoms. The number of amides is 1. The number of H-pyrrole nitrogens is 2. The van der Waals surface area contributed by atoms with E-state index in [1.165, 1.54) is 6.33 Å². The average molecular weight is 419 g/mol. The molecule has 4 rings (SSSR count). The molecule has 158 valence electrons. The first-order chi connectivity index (χ1) is 14.9. The van der Waals surface area contributed by atoms with Gasteiger partial charge in [-0.2, -0.15) is 0 Å². The highest BCUT2D eigenvalue weighted by atomic mass is 16.5. The number of nitrogens with zero attached hydrogens (tertiary/aromatic N) is 2. The number of rotatable bonds is 7. The van der Waals surface area contributed by atoms with Crippen molar-refractivity contribution >= 4 is 17.1 Å². The maximum atomic E-state index is 12.3. The lowest BCUT2D eigenvalue weighted by Crippen LogP contribution is -2.11. The van der Waals surface area contributed by atoms with Crippen LogP contribution in [-0.2, 0) is 11.2 Å². The standard InChI is InChI=1S/C22H21N5O4/c1-2-31-17-10-13(14-7-12(3-6-18(23)29)8-15(28)9-14)4-5-16(17)20-26-21-19(22(30)27-20)24-11-25-21/h4-5,7-11,28H,2-3,6H2,1H3,(H2,23,29)(H2,24,25,26,27,30). The first-order valence-electron chi connectivity index (χ1n) is 9.77. The topological polar surface area (TPSA) is 147 Å². The Kier molecular flexibility index (Phi) is 5.40. The molecule has 5 N–H and O–H groups in total. The zero-order valence-corrected chi connectivity index (χ0v) is 16.8. The Morgan fingerprint density at radius 1 is 1.19 bits per heavy atom. The molecule has 2 aromatic carbocycles. The van der Waals surface area contributed by atoms with Crippen LogP contribution in [0.25, 0.3) is 33.7 Å². The van der Waals surface area contributed by atoms with Gasteiger partial charge in [0.1, 0.15) is 17.3 Å². The van der Waals surface area contributed by atoms with Crippen LogP contribution in [0.4, 0.5) is 0 Å². The fourth-order valence-corrected chi connectivity index (χ4v) is 3.40. The highest BCUT2D eigenvalue weighted by Gasteiger charge is 2.14. The van der Waals surface area contributed by atoms with Crippen LogP contribution in [0.2, 0.25) is 0 Å². The number of nitrogens with two attached hydrogens (primary N) is 1. The van der Waals surface area contributed by atoms with Gasteiger partial charge < -0.3 is 25.5 Å². The van der Waals surface area contributed by atoms with E-state index >= 15 is 0 Å². The van der Waals surface area contributed by atoms with E-state index in [0.29, 0.717) is 35.8 Å². The van der Waals surface area contributed by atoms with Crippen LogP contribution in [0.1, 0.15) is 18.9 Å². The second kappa shape index (κ2) is 8.31. The van der Waals surface area contributed by atoms with E-state index in [0.717, 1.165) is 16.7 Å². The molecule has 1 amide bonds. The van der Waals surface area contributed by atoms with Crippen molar-refractivity contribution in [3.8, 4) is 34.0 Å². The van der Waals surface area contributed by atoms with Gasteiger partial charge in [0.15, 0.2) is 11.2 Å². The van der Waals surface area contributed by atoms with Crippen molar-refractivity contribution in [1.29, 1.82) is 0 Å². The molecule has 0 aliphatic heterocycles. The van der Waals surface area contributed by atoms with Gasteiger partial charge in [0, 0.05) is 6.42 Å². The molecule has 0 radical (unpaired) electrons. The molecule has 4 aromatic rings. The summed E-state index contributed by atoms with van der Waals surface area (Å²) in [6.45, 7) is 2.28. The van der Waals surface area contributed by atoms with E-state index < -0.39 is 5.91 Å². The number of hydrogen-bond donors (Lipinski definition) is 4. The van der Waals surface area contributed by atoms with Gasteiger partial charge >= 0.3 is 0 Å². The number of hydrogen-bond acceptors (Lipinski definition) is 6. The van der Waals surface area contributed by atoms with Gasteiger partial charge in [-0.05, 0) is 54.3 Å². The van der Waals surface area contributed by atoms with Gasteiger partial charge in [-0.1, -0.05) is 12.1 Å². The van der Waals surface area contributed by atoms with Gasteiger partial charge in [-0.15, -0.1) is 0 Å². The van der Waals surface area contributed by atoms with Crippen LogP contribution in [0.5, 0.6) is 11.5 Å². The summed E-state index contributed by atoms with van der Waals surface area (Å²) < 4.78 is 5.81. The number of aromatic hydroxyl groups is 1. The largest absolute Gasteiger partial charge is 0.508 e. The summed E-state index contributed by atoms with van der Waals surface area (Å²) in [6.07, 6.45) is 2.05. The number of imidazole rings is 1. The summed E-state index contributed by atoms with van der Waals surface area (Å²) in [5, 5.41) is 10.1. The maximum Gasteiger partial charge on any atom is 0.279 e. The molecule has 2 heterocycles. The minimum atomic E-state index is -0.399. The Morgan fingerprint density at radius 3 is 2.81 bits per heavy atom. The molecule has 2 aromatic heterocycles. The Hall–Kier alpha value is -4.14. The van der Waals surface area contributed by atoms with Crippen LogP contribution in [0.3, 0.4) is 0 Å². The molecule has 0 aliphatic rings. The average Bonchev–Trinajstić information content (AvgIpc) is 3.21. The lowest BCUT2D eigenvalue weighted by Gasteiger charge is -2.13. The van der Waals surface area contributed by atoms with Crippen molar-refractivity contribution in [3.05, 3.63) is 58.6 Å². The molecule has 0 spiro atoms. The van der Waals surface area contributed by atoms with E-state index in [1.54, 1.807) is 18.2 Å². The van der Waals surface area contributed by atoms with E-state index in [1.807, 2.05) is 25.1 Å². The number of aryl methyl sites for hydroxylation is 1. The van der Waals surface area contributed by atoms with Gasteiger partial charge in [0.05, 0.1) is 18.5 Å². The number of phenols is 1. The number of carbonyl (C=O) groups is 1. The molecule has 9 nitrogen and oxygen atoms in total. The molecule has 9 heteroatoms. The number of benzene rings is 2. The summed E-state index contributed by atoms with van der Waals surface area (Å²) in [7, 11) is 0. The van der Waals surface area contributed by atoms with E-state index in [4.69, 9.17) is 10.5 Å². The van der Waals surface area contributed by atoms with E-state index in [-0.39, 0.29) is 23.2 Å². The molecule has 0 unspecified atom stereocenters. The summed E-state index contributed by atoms with van der Waals surface area (Å²) in [4.78, 5) is 37.4. The zero-order valence-electron chi connectivity index (χ0n) is 16.8. The number of fused-ring (bicyclic) bond motifs is 1. The lowest BCUT2D eigenvalue weighted by atomic mass is 9.98. The van der Waals surface area contributed by atoms with Gasteiger partial charge in [-0.3, -0.25) is 9.59 Å². The molecule has 0 atom stereocenters. The second-order valence-corrected chi connectivity index (χ2v) is 7.01. The lowest BCUT2D eigenvalue weighted by molar-refractivity contribution is -0.117. The van der Waals surface area contributed by atoms with Crippen LogP contribution in [-0.4, -0.2) is 37.6 Å². The number of primary amides is 1. The number of nitrogens with one attached hydrogen (secondary N) is 2. The first-order valence-corrected chi connectivity index (χ1v) is 9.77. The summed E-state index contributed by atoms with van der Waals surface area (Å²) in [5.41, 5.74) is 8.49. The van der Waals surface area contributed by atoms with E-state index in [2.05, 4.69) is 19.9 Å². The first kappa shape index (κ1) is 20.1. The molecule has 31 heavy (non-hydrogen) atoms. The van der Waals surface area contributed by atoms with Gasteiger partial charge in [0.2, 0.25) is 5.91 Å². The highest BCUT2D eigenvalue weighted by Crippen LogP contribution is 2.34. The molecular weight excluding hydrogens is 398 g/mol. The Bertz CT molecular complexity index is 1330. The third kappa shape index (κ3) is 4.25. The maximum absolute atomic E-state index is 12.3. The summed E-state index contributed by atoms with van der Waals surface area (Å²) in [5.74, 6) is 0.581. The van der Waals surface area contributed by atoms with Crippen molar-refractivity contribution in [2.24, 2.45) is 5.73 Å². The van der Waals surface area contributed by atoms with Crippen LogP contribution >= 0.6 is 0 Å². The molecular formula is C22H21N5O4. The van der Waals surface area contributed by atoms with Gasteiger partial charge in [-0.25, -0.2) is 9.97 Å². The van der Waals surface area contributed by atoms with Crippen molar-refractivity contribution in [2.75, 3.05) is 6.61 Å². The van der Waals surface area contributed by atoms with Crippen LogP contribution in [0, 0.1) is 0 Å². The normalized spacial score (nSPS) is 11.0. The van der Waals surface area contributed by atoms with Crippen molar-refractivity contribution < 1.29 is 14.6 Å². The molecule has 0 fully saturated rings. The number of aromatic amines is 2. The third-order valence-electron chi connectivity index (χ3n) is 4.80. The number of ether oxygens (including phenoxy) is 1. The van der Waals surface area contributed by atoms with Crippen molar-refractivity contribution in [3.63, 3.8) is 0 Å². The SMILES string of the molecule is CCOc1cc(-c2cc(O)cc(CCC(N)=O)c2)ccc1-c1nc2[nH]cnc2c(=O)[nH]1. The predicted octanol–water partition coefficient (Wildman–Crippen LogP) is 2.50. The van der Waals surface area contributed by atoms with Crippen LogP contribution < -0.4 is 16.0 Å². The second-order valence-electron chi connectivity index (χ2n) is 7.01. The zero-order chi connectivity index (χ0) is 22.0. The minimum absolute atomic E-state index is 0.0923.